The monoisotopic (exact) mass is 222 g/mol. The largest absolute Gasteiger partial charge is 0.392 e. The fraction of sp³-hybridized carbons (Fsp3) is 0.375. The number of hydrogen-bond donors (Lipinski definition) is 2. The molecule has 1 heterocycles. The molecule has 0 atom stereocenters. The van der Waals surface area contributed by atoms with Crippen molar-refractivity contribution in [3.8, 4) is 0 Å². The minimum atomic E-state index is -2.71. The lowest BCUT2D eigenvalue weighted by atomic mass is 10.1. The molecule has 6 heteroatoms. The third-order valence-corrected chi connectivity index (χ3v) is 2.01. The topological polar surface area (TPSA) is 59.1 Å². The maximum absolute atomic E-state index is 12.5. The van der Waals surface area contributed by atoms with Gasteiger partial charge in [0.05, 0.1) is 18.2 Å². The zero-order chi connectivity index (χ0) is 10.7. The smallest absolute Gasteiger partial charge is 0.266 e. The number of alkyl halides is 3. The minimum Gasteiger partial charge on any atom is -0.392 e. The van der Waals surface area contributed by atoms with Gasteiger partial charge in [0.25, 0.3) is 6.43 Å². The van der Waals surface area contributed by atoms with Crippen LogP contribution in [0, 0.1) is 0 Å². The standard InChI is InChI=1S/C8H9ClF2N2O/c9-2-5-7(8(10)11)4(3-14)1-6(12)13-5/h1,8,14H,2-3H2,(H2,12,13). The van der Waals surface area contributed by atoms with Crippen LogP contribution in [0.4, 0.5) is 14.6 Å². The van der Waals surface area contributed by atoms with Crippen molar-refractivity contribution < 1.29 is 13.9 Å². The molecule has 0 spiro atoms. The van der Waals surface area contributed by atoms with Crippen molar-refractivity contribution in [3.63, 3.8) is 0 Å². The van der Waals surface area contributed by atoms with E-state index < -0.39 is 13.0 Å². The second-order valence-electron chi connectivity index (χ2n) is 2.66. The molecule has 0 amide bonds. The van der Waals surface area contributed by atoms with Crippen LogP contribution in [-0.4, -0.2) is 10.1 Å². The molecule has 0 bridgehead atoms. The van der Waals surface area contributed by atoms with Crippen LogP contribution < -0.4 is 5.73 Å². The Morgan fingerprint density at radius 3 is 2.64 bits per heavy atom. The number of aromatic nitrogens is 1. The summed E-state index contributed by atoms with van der Waals surface area (Å²) in [5.74, 6) is -0.0772. The zero-order valence-electron chi connectivity index (χ0n) is 7.17. The minimum absolute atomic E-state index is 0.0192. The molecular formula is C8H9ClF2N2O. The Kier molecular flexibility index (Phi) is 3.60. The van der Waals surface area contributed by atoms with E-state index in [2.05, 4.69) is 4.98 Å². The summed E-state index contributed by atoms with van der Waals surface area (Å²) in [5.41, 5.74) is 5.12. The first-order chi connectivity index (χ1) is 6.60. The van der Waals surface area contributed by atoms with Gasteiger partial charge in [-0.15, -0.1) is 11.6 Å². The summed E-state index contributed by atoms with van der Waals surface area (Å²) in [6, 6.07) is 1.22. The van der Waals surface area contributed by atoms with E-state index in [1.165, 1.54) is 6.07 Å². The van der Waals surface area contributed by atoms with E-state index in [0.717, 1.165) is 0 Å². The van der Waals surface area contributed by atoms with Crippen LogP contribution in [0.15, 0.2) is 6.07 Å². The zero-order valence-corrected chi connectivity index (χ0v) is 7.93. The summed E-state index contributed by atoms with van der Waals surface area (Å²) in [7, 11) is 0. The molecule has 0 radical (unpaired) electrons. The van der Waals surface area contributed by atoms with Crippen molar-refractivity contribution >= 4 is 17.4 Å². The first-order valence-corrected chi connectivity index (χ1v) is 4.36. The Balaban J connectivity index is 3.33. The van der Waals surface area contributed by atoms with E-state index in [4.69, 9.17) is 22.4 Å². The van der Waals surface area contributed by atoms with Crippen LogP contribution in [-0.2, 0) is 12.5 Å². The third kappa shape index (κ3) is 2.10. The highest BCUT2D eigenvalue weighted by atomic mass is 35.5. The second kappa shape index (κ2) is 4.52. The van der Waals surface area contributed by atoms with Crippen molar-refractivity contribution in [2.75, 3.05) is 5.73 Å². The van der Waals surface area contributed by atoms with E-state index in [1.807, 2.05) is 0 Å². The molecule has 3 nitrogen and oxygen atoms in total. The molecule has 1 aromatic heterocycles. The van der Waals surface area contributed by atoms with Gasteiger partial charge in [-0.2, -0.15) is 0 Å². The quantitative estimate of drug-likeness (QED) is 0.768. The van der Waals surface area contributed by atoms with Gasteiger partial charge in [0, 0.05) is 5.56 Å². The van der Waals surface area contributed by atoms with Crippen LogP contribution in [0.2, 0.25) is 0 Å². The predicted octanol–water partition coefficient (Wildman–Crippen LogP) is 1.83. The molecule has 0 aliphatic carbocycles. The normalized spacial score (nSPS) is 10.9. The number of anilines is 1. The molecule has 14 heavy (non-hydrogen) atoms. The maximum Gasteiger partial charge on any atom is 0.266 e. The van der Waals surface area contributed by atoms with Gasteiger partial charge in [-0.25, -0.2) is 13.8 Å². The van der Waals surface area contributed by atoms with Crippen molar-refractivity contribution in [2.24, 2.45) is 0 Å². The van der Waals surface area contributed by atoms with Gasteiger partial charge < -0.3 is 10.8 Å². The molecule has 0 aromatic carbocycles. The first kappa shape index (κ1) is 11.1. The van der Waals surface area contributed by atoms with Gasteiger partial charge in [-0.1, -0.05) is 0 Å². The molecule has 1 aromatic rings. The second-order valence-corrected chi connectivity index (χ2v) is 2.93. The van der Waals surface area contributed by atoms with Gasteiger partial charge >= 0.3 is 0 Å². The summed E-state index contributed by atoms with van der Waals surface area (Å²) < 4.78 is 25.1. The highest BCUT2D eigenvalue weighted by Gasteiger charge is 2.18. The molecule has 0 saturated heterocycles. The summed E-state index contributed by atoms with van der Waals surface area (Å²) in [6.07, 6.45) is -2.71. The number of pyridine rings is 1. The number of halogens is 3. The lowest BCUT2D eigenvalue weighted by Gasteiger charge is -2.11. The summed E-state index contributed by atoms with van der Waals surface area (Å²) >= 11 is 5.44. The molecule has 0 fully saturated rings. The van der Waals surface area contributed by atoms with Crippen LogP contribution in [0.3, 0.4) is 0 Å². The predicted molar refractivity (Wildman–Crippen MR) is 49.1 cm³/mol. The molecular weight excluding hydrogens is 214 g/mol. The average molecular weight is 223 g/mol. The Hall–Kier alpha value is -0.940. The highest BCUT2D eigenvalue weighted by Crippen LogP contribution is 2.28. The van der Waals surface area contributed by atoms with E-state index in [-0.39, 0.29) is 28.5 Å². The Morgan fingerprint density at radius 1 is 1.57 bits per heavy atom. The van der Waals surface area contributed by atoms with Crippen LogP contribution in [0.25, 0.3) is 0 Å². The number of aliphatic hydroxyl groups is 1. The lowest BCUT2D eigenvalue weighted by molar-refractivity contribution is 0.145. The Bertz CT molecular complexity index is 308. The maximum atomic E-state index is 12.5. The summed E-state index contributed by atoms with van der Waals surface area (Å²) in [5, 5.41) is 8.85. The van der Waals surface area contributed by atoms with Gasteiger partial charge in [0.1, 0.15) is 5.82 Å². The van der Waals surface area contributed by atoms with E-state index in [9.17, 15) is 8.78 Å². The number of nitrogens with two attached hydrogens (primary N) is 1. The van der Waals surface area contributed by atoms with Gasteiger partial charge in [0.2, 0.25) is 0 Å². The van der Waals surface area contributed by atoms with Gasteiger partial charge in [-0.05, 0) is 11.6 Å². The van der Waals surface area contributed by atoms with Crippen LogP contribution >= 0.6 is 11.6 Å². The summed E-state index contributed by atoms with van der Waals surface area (Å²) in [4.78, 5) is 3.68. The fourth-order valence-electron chi connectivity index (χ4n) is 1.19. The molecule has 0 saturated carbocycles. The molecule has 0 unspecified atom stereocenters. The van der Waals surface area contributed by atoms with Crippen molar-refractivity contribution in [2.45, 2.75) is 18.9 Å². The van der Waals surface area contributed by atoms with Crippen molar-refractivity contribution in [1.29, 1.82) is 0 Å². The molecule has 78 valence electrons. The van der Waals surface area contributed by atoms with Crippen molar-refractivity contribution in [1.82, 2.24) is 4.98 Å². The first-order valence-electron chi connectivity index (χ1n) is 3.83. The number of rotatable bonds is 3. The van der Waals surface area contributed by atoms with E-state index in [0.29, 0.717) is 0 Å². The number of nitrogen functional groups attached to an aromatic ring is 1. The average Bonchev–Trinajstić information content (AvgIpc) is 2.15. The SMILES string of the molecule is Nc1cc(CO)c(C(F)F)c(CCl)n1. The third-order valence-electron chi connectivity index (χ3n) is 1.76. The molecule has 0 aliphatic rings. The van der Waals surface area contributed by atoms with Crippen LogP contribution in [0.5, 0.6) is 0 Å². The summed E-state index contributed by atoms with van der Waals surface area (Å²) in [6.45, 7) is -0.504. The number of aliphatic hydroxyl groups excluding tert-OH is 1. The van der Waals surface area contributed by atoms with Gasteiger partial charge in [-0.3, -0.25) is 0 Å². The van der Waals surface area contributed by atoms with E-state index in [1.54, 1.807) is 0 Å². The molecule has 3 N–H and O–H groups in total. The fourth-order valence-corrected chi connectivity index (χ4v) is 1.39. The number of hydrogen-bond acceptors (Lipinski definition) is 3. The molecule has 1 rings (SSSR count). The molecule has 0 aliphatic heterocycles. The van der Waals surface area contributed by atoms with E-state index >= 15 is 0 Å². The van der Waals surface area contributed by atoms with Crippen LogP contribution in [0.1, 0.15) is 23.2 Å². The van der Waals surface area contributed by atoms with Crippen molar-refractivity contribution in [3.05, 3.63) is 22.9 Å². The lowest BCUT2D eigenvalue weighted by Crippen LogP contribution is -2.05. The Labute approximate surface area is 84.5 Å². The number of nitrogens with zero attached hydrogens (tertiary/aromatic N) is 1. The Morgan fingerprint density at radius 2 is 2.21 bits per heavy atom. The van der Waals surface area contributed by atoms with Gasteiger partial charge in [0.15, 0.2) is 0 Å². The highest BCUT2D eigenvalue weighted by molar-refractivity contribution is 6.17.